The van der Waals surface area contributed by atoms with E-state index in [-0.39, 0.29) is 36.3 Å². The molecule has 0 aromatic carbocycles. The zero-order valence-corrected chi connectivity index (χ0v) is 12.2. The maximum atomic E-state index is 11.8. The number of rotatable bonds is 7. The molecule has 1 aromatic heterocycles. The van der Waals surface area contributed by atoms with E-state index in [2.05, 4.69) is 15.6 Å². The van der Waals surface area contributed by atoms with Crippen molar-refractivity contribution in [3.8, 4) is 0 Å². The number of carboxylic acids is 1. The van der Waals surface area contributed by atoms with E-state index in [0.29, 0.717) is 11.4 Å². The molecule has 0 spiro atoms. The SMILES string of the molecule is O=C(NCCSC(F)(F)F)NCCc1nc(C(=O)O)cs1. The number of urea groups is 1. The number of aromatic carboxylic acids is 1. The fourth-order valence-corrected chi connectivity index (χ4v) is 2.41. The summed E-state index contributed by atoms with van der Waals surface area (Å²) in [5.74, 6) is -1.38. The van der Waals surface area contributed by atoms with E-state index in [9.17, 15) is 22.8 Å². The molecule has 118 valence electrons. The van der Waals surface area contributed by atoms with Crippen LogP contribution < -0.4 is 10.6 Å². The van der Waals surface area contributed by atoms with Gasteiger partial charge in [-0.25, -0.2) is 14.6 Å². The standard InChI is InChI=1S/C10H12F3N3O3S2/c11-10(12,13)21-4-3-15-9(19)14-2-1-7-16-6(5-20-7)8(17)18/h5H,1-4H2,(H,17,18)(H2,14,15,19). The number of amides is 2. The van der Waals surface area contributed by atoms with Gasteiger partial charge >= 0.3 is 17.5 Å². The van der Waals surface area contributed by atoms with Gasteiger partial charge in [-0.3, -0.25) is 0 Å². The van der Waals surface area contributed by atoms with Crippen molar-refractivity contribution in [2.24, 2.45) is 0 Å². The predicted octanol–water partition coefficient (Wildman–Crippen LogP) is 1.94. The molecule has 0 saturated carbocycles. The van der Waals surface area contributed by atoms with E-state index in [4.69, 9.17) is 5.11 Å². The van der Waals surface area contributed by atoms with Crippen LogP contribution in [0.4, 0.5) is 18.0 Å². The highest BCUT2D eigenvalue weighted by molar-refractivity contribution is 8.00. The normalized spacial score (nSPS) is 11.2. The molecule has 0 saturated heterocycles. The number of carboxylic acid groups (broad SMARTS) is 1. The smallest absolute Gasteiger partial charge is 0.441 e. The Hall–Kier alpha value is -1.49. The minimum Gasteiger partial charge on any atom is -0.476 e. The molecule has 1 aromatic rings. The zero-order chi connectivity index (χ0) is 15.9. The van der Waals surface area contributed by atoms with Gasteiger partial charge in [0.2, 0.25) is 0 Å². The largest absolute Gasteiger partial charge is 0.476 e. The first-order valence-electron chi connectivity index (χ1n) is 5.68. The Labute approximate surface area is 126 Å². The number of carbonyl (C=O) groups excluding carboxylic acids is 1. The molecule has 0 radical (unpaired) electrons. The topological polar surface area (TPSA) is 91.3 Å². The van der Waals surface area contributed by atoms with E-state index in [1.54, 1.807) is 0 Å². The molecule has 0 unspecified atom stereocenters. The third-order valence-corrected chi connectivity index (χ3v) is 3.69. The molecule has 0 aliphatic rings. The molecule has 1 heterocycles. The summed E-state index contributed by atoms with van der Waals surface area (Å²) in [7, 11) is 0. The number of aromatic nitrogens is 1. The summed E-state index contributed by atoms with van der Waals surface area (Å²) in [6, 6.07) is -0.576. The third kappa shape index (κ3) is 7.75. The average molecular weight is 343 g/mol. The van der Waals surface area contributed by atoms with Crippen LogP contribution >= 0.6 is 23.1 Å². The molecule has 0 fully saturated rings. The molecule has 11 heteroatoms. The van der Waals surface area contributed by atoms with Gasteiger partial charge in [-0.2, -0.15) is 13.2 Å². The average Bonchev–Trinajstić information content (AvgIpc) is 2.82. The number of hydrogen-bond donors (Lipinski definition) is 3. The lowest BCUT2D eigenvalue weighted by Gasteiger charge is -2.08. The van der Waals surface area contributed by atoms with Gasteiger partial charge in [0.15, 0.2) is 5.69 Å². The summed E-state index contributed by atoms with van der Waals surface area (Å²) in [4.78, 5) is 25.7. The maximum Gasteiger partial charge on any atom is 0.441 e. The second kappa shape index (κ2) is 8.08. The van der Waals surface area contributed by atoms with Gasteiger partial charge in [0.05, 0.1) is 5.01 Å². The second-order valence-corrected chi connectivity index (χ2v) is 5.76. The summed E-state index contributed by atoms with van der Waals surface area (Å²) in [5, 5.41) is 15.4. The van der Waals surface area contributed by atoms with Gasteiger partial charge in [0, 0.05) is 30.6 Å². The first-order valence-corrected chi connectivity index (χ1v) is 7.54. The summed E-state index contributed by atoms with van der Waals surface area (Å²) in [6.07, 6.45) is 0.350. The number of carbonyl (C=O) groups is 2. The quantitative estimate of drug-likeness (QED) is 0.658. The van der Waals surface area contributed by atoms with Gasteiger partial charge in [0.25, 0.3) is 0 Å². The highest BCUT2D eigenvalue weighted by Gasteiger charge is 2.27. The minimum absolute atomic E-state index is 0.0522. The molecule has 0 aliphatic heterocycles. The highest BCUT2D eigenvalue weighted by atomic mass is 32.2. The molecule has 3 N–H and O–H groups in total. The molecule has 0 atom stereocenters. The van der Waals surface area contributed by atoms with E-state index >= 15 is 0 Å². The maximum absolute atomic E-state index is 11.8. The number of nitrogens with one attached hydrogen (secondary N) is 2. The number of thioether (sulfide) groups is 1. The van der Waals surface area contributed by atoms with E-state index in [0.717, 1.165) is 11.3 Å². The molecule has 2 amide bonds. The van der Waals surface area contributed by atoms with Crippen molar-refractivity contribution in [3.05, 3.63) is 16.1 Å². The zero-order valence-electron chi connectivity index (χ0n) is 10.6. The van der Waals surface area contributed by atoms with Crippen LogP contribution in [-0.4, -0.2) is 46.4 Å². The lowest BCUT2D eigenvalue weighted by molar-refractivity contribution is -0.0327. The van der Waals surface area contributed by atoms with Crippen molar-refractivity contribution in [1.29, 1.82) is 0 Å². The van der Waals surface area contributed by atoms with Crippen LogP contribution in [0.3, 0.4) is 0 Å². The Morgan fingerprint density at radius 2 is 2.00 bits per heavy atom. The number of halogens is 3. The predicted molar refractivity (Wildman–Crippen MR) is 72.7 cm³/mol. The molecule has 0 bridgehead atoms. The molecular weight excluding hydrogens is 331 g/mol. The van der Waals surface area contributed by atoms with Crippen molar-refractivity contribution >= 4 is 35.1 Å². The Bertz CT molecular complexity index is 493. The minimum atomic E-state index is -4.30. The van der Waals surface area contributed by atoms with E-state index in [1.165, 1.54) is 5.38 Å². The summed E-state index contributed by atoms with van der Waals surface area (Å²) in [5.41, 5.74) is -4.35. The highest BCUT2D eigenvalue weighted by Crippen LogP contribution is 2.29. The third-order valence-electron chi connectivity index (χ3n) is 2.05. The van der Waals surface area contributed by atoms with Gasteiger partial charge < -0.3 is 15.7 Å². The van der Waals surface area contributed by atoms with Crippen molar-refractivity contribution < 1.29 is 27.9 Å². The van der Waals surface area contributed by atoms with Crippen molar-refractivity contribution in [3.63, 3.8) is 0 Å². The first-order chi connectivity index (χ1) is 9.78. The Kier molecular flexibility index (Phi) is 6.75. The number of thiazole rings is 1. The molecule has 1 rings (SSSR count). The molecule has 6 nitrogen and oxygen atoms in total. The van der Waals surface area contributed by atoms with Crippen LogP contribution in [0.15, 0.2) is 5.38 Å². The van der Waals surface area contributed by atoms with Crippen molar-refractivity contribution in [1.82, 2.24) is 15.6 Å². The second-order valence-electron chi connectivity index (χ2n) is 3.66. The Morgan fingerprint density at radius 3 is 2.57 bits per heavy atom. The van der Waals surface area contributed by atoms with Crippen LogP contribution in [-0.2, 0) is 6.42 Å². The lowest BCUT2D eigenvalue weighted by Crippen LogP contribution is -2.37. The monoisotopic (exact) mass is 343 g/mol. The van der Waals surface area contributed by atoms with E-state index < -0.39 is 17.5 Å². The van der Waals surface area contributed by atoms with Crippen molar-refractivity contribution in [2.75, 3.05) is 18.8 Å². The number of alkyl halides is 3. The summed E-state index contributed by atoms with van der Waals surface area (Å²) in [6.45, 7) is 0.112. The molecule has 0 aliphatic carbocycles. The van der Waals surface area contributed by atoms with Gasteiger partial charge in [-0.1, -0.05) is 0 Å². The van der Waals surface area contributed by atoms with Crippen LogP contribution in [0, 0.1) is 0 Å². The molecular formula is C10H12F3N3O3S2. The van der Waals surface area contributed by atoms with Gasteiger partial charge in [-0.15, -0.1) is 11.3 Å². The van der Waals surface area contributed by atoms with E-state index in [1.807, 2.05) is 0 Å². The van der Waals surface area contributed by atoms with Gasteiger partial charge in [-0.05, 0) is 11.8 Å². The summed E-state index contributed by atoms with van der Waals surface area (Å²) < 4.78 is 35.4. The number of nitrogens with zero attached hydrogens (tertiary/aromatic N) is 1. The fraction of sp³-hybridized carbons (Fsp3) is 0.500. The van der Waals surface area contributed by atoms with Crippen LogP contribution in [0.1, 0.15) is 15.5 Å². The Morgan fingerprint density at radius 1 is 1.33 bits per heavy atom. The first kappa shape index (κ1) is 17.6. The lowest BCUT2D eigenvalue weighted by atomic mass is 10.4. The fourth-order valence-electron chi connectivity index (χ4n) is 1.20. The Balaban J connectivity index is 2.14. The van der Waals surface area contributed by atoms with Crippen molar-refractivity contribution in [2.45, 2.75) is 11.9 Å². The summed E-state index contributed by atoms with van der Waals surface area (Å²) >= 11 is 0.957. The van der Waals surface area contributed by atoms with Crippen LogP contribution in [0.2, 0.25) is 0 Å². The molecule has 21 heavy (non-hydrogen) atoms. The van der Waals surface area contributed by atoms with Crippen LogP contribution in [0.25, 0.3) is 0 Å². The number of hydrogen-bond acceptors (Lipinski definition) is 5. The van der Waals surface area contributed by atoms with Gasteiger partial charge in [0.1, 0.15) is 0 Å². The van der Waals surface area contributed by atoms with Crippen LogP contribution in [0.5, 0.6) is 0 Å².